The van der Waals surface area contributed by atoms with Gasteiger partial charge in [0, 0.05) is 62.9 Å². The minimum absolute atomic E-state index is 0.132. The minimum Gasteiger partial charge on any atom is -0.367 e. The van der Waals surface area contributed by atoms with E-state index in [0.717, 1.165) is 66.2 Å². The molecule has 2 aromatic carbocycles. The molecule has 6 rings (SSSR count). The third kappa shape index (κ3) is 5.42. The lowest BCUT2D eigenvalue weighted by atomic mass is 9.95. The van der Waals surface area contributed by atoms with Gasteiger partial charge in [0.15, 0.2) is 0 Å². The van der Waals surface area contributed by atoms with Crippen molar-refractivity contribution in [1.82, 2.24) is 19.9 Å². The van der Waals surface area contributed by atoms with E-state index in [4.69, 9.17) is 10.2 Å². The quantitative estimate of drug-likeness (QED) is 0.373. The smallest absolute Gasteiger partial charge is 0.234 e. The largest absolute Gasteiger partial charge is 0.367 e. The average Bonchev–Trinajstić information content (AvgIpc) is 3.00. The molecule has 0 atom stereocenters. The van der Waals surface area contributed by atoms with Crippen LogP contribution in [0.4, 0.5) is 11.5 Å². The summed E-state index contributed by atoms with van der Waals surface area (Å²) < 4.78 is 0. The predicted octanol–water partition coefficient (Wildman–Crippen LogP) is 5.06. The van der Waals surface area contributed by atoms with Gasteiger partial charge in [0.1, 0.15) is 11.9 Å². The normalized spacial score (nSPS) is 15.9. The number of nitrogens with one attached hydrogen (secondary N) is 1. The number of rotatable bonds is 6. The van der Waals surface area contributed by atoms with Crippen molar-refractivity contribution < 1.29 is 4.79 Å². The van der Waals surface area contributed by atoms with Crippen LogP contribution in [0.15, 0.2) is 72.9 Å². The molecule has 40 heavy (non-hydrogen) atoms. The highest BCUT2D eigenvalue weighted by molar-refractivity contribution is 5.97. The molecule has 2 aromatic heterocycles. The first-order chi connectivity index (χ1) is 19.6. The van der Waals surface area contributed by atoms with Crippen LogP contribution in [0.5, 0.6) is 0 Å². The van der Waals surface area contributed by atoms with Gasteiger partial charge < -0.3 is 10.2 Å². The second-order valence-corrected chi connectivity index (χ2v) is 10.4. The fraction of sp³-hybridized carbons (Fsp3) is 0.281. The summed E-state index contributed by atoms with van der Waals surface area (Å²) in [5.74, 6) is 1.03. The highest BCUT2D eigenvalue weighted by atomic mass is 16.2. The standard InChI is InChI=1S/C32H31N7O/c1-38-28-19-26(23-5-3-2-4-6-23)32(36-27(28)11-12-31(38)40)24-9-7-22(8-10-24)21-39-17-14-25(15-18-39)35-29-13-16-34-30(20-33)37-29/h2-10,13,16,19,25H,11-12,14-15,17-18,21H2,1H3,(H,34,35,37). The van der Waals surface area contributed by atoms with E-state index in [0.29, 0.717) is 24.7 Å². The van der Waals surface area contributed by atoms with E-state index in [1.807, 2.05) is 37.4 Å². The Bertz CT molecular complexity index is 1550. The van der Waals surface area contributed by atoms with Crippen molar-refractivity contribution in [2.24, 2.45) is 0 Å². The van der Waals surface area contributed by atoms with Crippen LogP contribution in [0.25, 0.3) is 22.4 Å². The van der Waals surface area contributed by atoms with E-state index in [-0.39, 0.29) is 11.7 Å². The first-order valence-corrected chi connectivity index (χ1v) is 13.7. The van der Waals surface area contributed by atoms with Gasteiger partial charge in [0.05, 0.1) is 17.1 Å². The van der Waals surface area contributed by atoms with Gasteiger partial charge in [-0.3, -0.25) is 9.69 Å². The van der Waals surface area contributed by atoms with Crippen LogP contribution in [0.2, 0.25) is 0 Å². The molecule has 4 aromatic rings. The number of nitrogens with zero attached hydrogens (tertiary/aromatic N) is 6. The Hall–Kier alpha value is -4.61. The maximum Gasteiger partial charge on any atom is 0.234 e. The molecule has 8 nitrogen and oxygen atoms in total. The first kappa shape index (κ1) is 25.7. The van der Waals surface area contributed by atoms with Crippen molar-refractivity contribution in [3.8, 4) is 28.5 Å². The van der Waals surface area contributed by atoms with Crippen LogP contribution in [0, 0.1) is 11.3 Å². The number of nitriles is 1. The summed E-state index contributed by atoms with van der Waals surface area (Å²) in [6.45, 7) is 2.88. The van der Waals surface area contributed by atoms with Gasteiger partial charge in [-0.1, -0.05) is 54.6 Å². The van der Waals surface area contributed by atoms with Gasteiger partial charge in [-0.2, -0.15) is 5.26 Å². The summed E-state index contributed by atoms with van der Waals surface area (Å²) >= 11 is 0. The van der Waals surface area contributed by atoms with Crippen molar-refractivity contribution in [3.05, 3.63) is 90.0 Å². The lowest BCUT2D eigenvalue weighted by Gasteiger charge is -2.32. The second-order valence-electron chi connectivity index (χ2n) is 10.4. The van der Waals surface area contributed by atoms with E-state index in [2.05, 4.69) is 62.6 Å². The van der Waals surface area contributed by atoms with Gasteiger partial charge in [0.2, 0.25) is 11.7 Å². The number of anilines is 2. The van der Waals surface area contributed by atoms with Crippen LogP contribution >= 0.6 is 0 Å². The van der Waals surface area contributed by atoms with Crippen molar-refractivity contribution in [3.63, 3.8) is 0 Å². The molecule has 1 fully saturated rings. The molecule has 0 spiro atoms. The lowest BCUT2D eigenvalue weighted by Crippen LogP contribution is -2.38. The Labute approximate surface area is 234 Å². The molecule has 1 amide bonds. The number of aryl methyl sites for hydroxylation is 1. The summed E-state index contributed by atoms with van der Waals surface area (Å²) in [4.78, 5) is 29.9. The molecule has 2 aliphatic rings. The summed E-state index contributed by atoms with van der Waals surface area (Å²) in [5.41, 5.74) is 7.31. The average molecular weight is 530 g/mol. The molecule has 2 aliphatic heterocycles. The number of benzene rings is 2. The van der Waals surface area contributed by atoms with Crippen molar-refractivity contribution in [2.45, 2.75) is 38.3 Å². The fourth-order valence-electron chi connectivity index (χ4n) is 5.56. The third-order valence-electron chi connectivity index (χ3n) is 7.80. The van der Waals surface area contributed by atoms with Crippen molar-refractivity contribution >= 4 is 17.4 Å². The number of piperidine rings is 1. The molecule has 0 unspecified atom stereocenters. The predicted molar refractivity (Wildman–Crippen MR) is 156 cm³/mol. The molecule has 1 saturated heterocycles. The highest BCUT2D eigenvalue weighted by Gasteiger charge is 2.25. The van der Waals surface area contributed by atoms with Gasteiger partial charge in [-0.25, -0.2) is 15.0 Å². The maximum atomic E-state index is 12.4. The Morgan fingerprint density at radius 3 is 2.50 bits per heavy atom. The zero-order valence-electron chi connectivity index (χ0n) is 22.5. The van der Waals surface area contributed by atoms with Crippen LogP contribution in [0.3, 0.4) is 0 Å². The molecule has 0 aliphatic carbocycles. The monoisotopic (exact) mass is 529 g/mol. The molecule has 8 heteroatoms. The maximum absolute atomic E-state index is 12.4. The summed E-state index contributed by atoms with van der Waals surface area (Å²) in [6, 6.07) is 25.3. The molecule has 0 radical (unpaired) electrons. The number of fused-ring (bicyclic) bond motifs is 1. The van der Waals surface area contributed by atoms with Gasteiger partial charge >= 0.3 is 0 Å². The Kier molecular flexibility index (Phi) is 7.21. The molecular formula is C32H31N7O. The second kappa shape index (κ2) is 11.2. The fourth-order valence-corrected chi connectivity index (χ4v) is 5.56. The number of aromatic nitrogens is 3. The molecule has 0 saturated carbocycles. The molecule has 0 bridgehead atoms. The van der Waals surface area contributed by atoms with E-state index in [1.165, 1.54) is 5.56 Å². The van der Waals surface area contributed by atoms with Crippen LogP contribution in [0.1, 0.15) is 36.3 Å². The van der Waals surface area contributed by atoms with Crippen molar-refractivity contribution in [2.75, 3.05) is 30.4 Å². The van der Waals surface area contributed by atoms with Gasteiger partial charge in [0.25, 0.3) is 0 Å². The molecule has 200 valence electrons. The number of pyridine rings is 1. The van der Waals surface area contributed by atoms with E-state index < -0.39 is 0 Å². The Balaban J connectivity index is 1.16. The third-order valence-corrected chi connectivity index (χ3v) is 7.80. The number of hydrogen-bond acceptors (Lipinski definition) is 7. The SMILES string of the molecule is CN1C(=O)CCc2nc(-c3ccc(CN4CCC(Nc5ccnc(C#N)n5)CC4)cc3)c(-c3ccccc3)cc21. The summed E-state index contributed by atoms with van der Waals surface area (Å²) in [6.07, 6.45) is 4.81. The minimum atomic E-state index is 0.132. The number of hydrogen-bond donors (Lipinski definition) is 1. The summed E-state index contributed by atoms with van der Waals surface area (Å²) in [7, 11) is 1.84. The van der Waals surface area contributed by atoms with Crippen LogP contribution in [-0.2, 0) is 17.8 Å². The summed E-state index contributed by atoms with van der Waals surface area (Å²) in [5, 5.41) is 12.5. The topological polar surface area (TPSA) is 98.0 Å². The Morgan fingerprint density at radius 1 is 0.975 bits per heavy atom. The zero-order chi connectivity index (χ0) is 27.5. The number of carbonyl (C=O) groups excluding carboxylic acids is 1. The highest BCUT2D eigenvalue weighted by Crippen LogP contribution is 2.37. The zero-order valence-corrected chi connectivity index (χ0v) is 22.5. The number of amides is 1. The molecule has 1 N–H and O–H groups in total. The molecular weight excluding hydrogens is 498 g/mol. The number of likely N-dealkylation sites (tertiary alicyclic amines) is 1. The number of carbonyl (C=O) groups is 1. The van der Waals surface area contributed by atoms with Crippen molar-refractivity contribution in [1.29, 1.82) is 5.26 Å². The van der Waals surface area contributed by atoms with Crippen LogP contribution in [-0.4, -0.2) is 51.9 Å². The first-order valence-electron chi connectivity index (χ1n) is 13.7. The van der Waals surface area contributed by atoms with Crippen LogP contribution < -0.4 is 10.2 Å². The van der Waals surface area contributed by atoms with E-state index in [1.54, 1.807) is 11.1 Å². The van der Waals surface area contributed by atoms with E-state index >= 15 is 0 Å². The van der Waals surface area contributed by atoms with Gasteiger partial charge in [-0.05, 0) is 36.1 Å². The molecule has 4 heterocycles. The lowest BCUT2D eigenvalue weighted by molar-refractivity contribution is -0.118. The van der Waals surface area contributed by atoms with E-state index in [9.17, 15) is 4.79 Å². The van der Waals surface area contributed by atoms with Gasteiger partial charge in [-0.15, -0.1) is 0 Å². The Morgan fingerprint density at radius 2 is 1.75 bits per heavy atom.